The molecule has 1 aliphatic heterocycles. The molecule has 3 heterocycles. The van der Waals surface area contributed by atoms with Gasteiger partial charge in [0.15, 0.2) is 17.0 Å². The van der Waals surface area contributed by atoms with Gasteiger partial charge in [0.1, 0.15) is 36.0 Å². The zero-order chi connectivity index (χ0) is 35.6. The molecule has 1 saturated heterocycles. The molecule has 1 saturated carbocycles. The number of hydrogen-bond donors (Lipinski definition) is 5. The van der Waals surface area contributed by atoms with Crippen molar-refractivity contribution in [1.29, 1.82) is 0 Å². The van der Waals surface area contributed by atoms with Crippen LogP contribution in [-0.4, -0.2) is 112 Å². The molecule has 1 aliphatic carbocycles. The predicted molar refractivity (Wildman–Crippen MR) is 177 cm³/mol. The minimum absolute atomic E-state index is 0.00681. The number of esters is 2. The number of fused-ring (bicyclic) bond motifs is 2. The summed E-state index contributed by atoms with van der Waals surface area (Å²) in [7, 11) is -0.647. The van der Waals surface area contributed by atoms with Gasteiger partial charge in [0, 0.05) is 20.5 Å². The Labute approximate surface area is 280 Å². The molecule has 18 heteroatoms. The highest BCUT2D eigenvalue weighted by molar-refractivity contribution is 7.54. The first kappa shape index (κ1) is 37.9. The summed E-state index contributed by atoms with van der Waals surface area (Å²) in [5.41, 5.74) is 5.29. The number of nitrogens with zero attached hydrogens (tertiary/aromatic N) is 5. The average molecular weight is 699 g/mol. The van der Waals surface area contributed by atoms with Crippen molar-refractivity contribution in [3.63, 3.8) is 0 Å². The van der Waals surface area contributed by atoms with Crippen molar-refractivity contribution in [1.82, 2.24) is 29.7 Å². The van der Waals surface area contributed by atoms with Gasteiger partial charge >= 0.3 is 19.6 Å². The number of aromatic nitrogens is 4. The van der Waals surface area contributed by atoms with Gasteiger partial charge in [0.05, 0.1) is 32.2 Å². The molecule has 270 valence electrons. The largest absolute Gasteiger partial charge is 0.465 e. The van der Waals surface area contributed by atoms with Gasteiger partial charge in [-0.1, -0.05) is 27.7 Å². The number of nitrogens with one attached hydrogen (secondary N) is 2. The Bertz CT molecular complexity index is 1450. The number of carbonyl (C=O) groups excluding carboxylic acids is 2. The number of aliphatic hydroxyl groups is 2. The number of nitrogens with two attached hydrogens (primary N) is 1. The summed E-state index contributed by atoms with van der Waals surface area (Å²) in [6, 6.07) is -2.55. The topological polar surface area (TPSA) is 226 Å². The Morgan fingerprint density at radius 1 is 1.10 bits per heavy atom. The lowest BCUT2D eigenvalue weighted by atomic mass is 9.70. The summed E-state index contributed by atoms with van der Waals surface area (Å²) in [5.74, 6) is -0.670. The lowest BCUT2D eigenvalue weighted by molar-refractivity contribution is -0.170. The molecule has 2 fully saturated rings. The molecule has 0 amide bonds. The van der Waals surface area contributed by atoms with Crippen molar-refractivity contribution in [2.45, 2.75) is 103 Å². The molecule has 0 bridgehead atoms. The highest BCUT2D eigenvalue weighted by atomic mass is 31.2. The first-order valence-corrected chi connectivity index (χ1v) is 18.0. The summed E-state index contributed by atoms with van der Waals surface area (Å²) in [6.45, 7) is 10.7. The normalized spacial score (nSPS) is 25.2. The second kappa shape index (κ2) is 15.3. The van der Waals surface area contributed by atoms with Gasteiger partial charge in [0.25, 0.3) is 0 Å². The summed E-state index contributed by atoms with van der Waals surface area (Å²) in [4.78, 5) is 40.7. The summed E-state index contributed by atoms with van der Waals surface area (Å²) in [6.07, 6.45) is -1.23. The molecule has 4 rings (SSSR count). The monoisotopic (exact) mass is 698 g/mol. The summed E-state index contributed by atoms with van der Waals surface area (Å²) in [5, 5.41) is 28.3. The highest BCUT2D eigenvalue weighted by Gasteiger charge is 2.66. The number of carbonyl (C=O) groups is 2. The Hall–Kier alpha value is -2.92. The van der Waals surface area contributed by atoms with Gasteiger partial charge in [-0.25, -0.2) is 15.2 Å². The number of imidazole rings is 1. The maximum absolute atomic E-state index is 14.6. The van der Waals surface area contributed by atoms with Gasteiger partial charge < -0.3 is 44.1 Å². The fourth-order valence-corrected chi connectivity index (χ4v) is 8.02. The summed E-state index contributed by atoms with van der Waals surface area (Å²) >= 11 is 0. The van der Waals surface area contributed by atoms with E-state index in [0.717, 1.165) is 0 Å². The average Bonchev–Trinajstić information content (AvgIpc) is 3.48. The zero-order valence-corrected chi connectivity index (χ0v) is 29.8. The number of hydrogen-bond acceptors (Lipinski definition) is 14. The van der Waals surface area contributed by atoms with Crippen molar-refractivity contribution < 1.29 is 43.1 Å². The lowest BCUT2D eigenvalue weighted by Gasteiger charge is -2.47. The highest BCUT2D eigenvalue weighted by Crippen LogP contribution is 2.53. The Balaban J connectivity index is 1.58. The molecule has 3 unspecified atom stereocenters. The fraction of sp³-hybridized carbons (Fsp3) is 0.767. The second-order valence-corrected chi connectivity index (χ2v) is 15.3. The third-order valence-electron chi connectivity index (χ3n) is 8.39. The molecular formula is C30H51N8O9P. The van der Waals surface area contributed by atoms with E-state index >= 15 is 0 Å². The Morgan fingerprint density at radius 2 is 1.67 bits per heavy atom. The minimum Gasteiger partial charge on any atom is -0.465 e. The SMILES string of the molecule is CCOC(=O)[C@H](CC(C)C)NP(=O)(N[C@@H](CC(C)C)C(=O)OCC)OC[C@H]1O[C@H]2C(n3cnc4c(N(C)C)nc(N)nc43)CC2(O)C1O. The van der Waals surface area contributed by atoms with Gasteiger partial charge in [-0.3, -0.25) is 14.2 Å². The molecule has 0 radical (unpaired) electrons. The smallest absolute Gasteiger partial charge is 0.342 e. The molecule has 48 heavy (non-hydrogen) atoms. The van der Waals surface area contributed by atoms with E-state index in [2.05, 4.69) is 25.1 Å². The van der Waals surface area contributed by atoms with E-state index in [1.165, 1.54) is 0 Å². The van der Waals surface area contributed by atoms with E-state index < -0.39 is 68.3 Å². The van der Waals surface area contributed by atoms with Crippen LogP contribution in [-0.2, 0) is 32.9 Å². The van der Waals surface area contributed by atoms with Crippen LogP contribution in [0.25, 0.3) is 11.2 Å². The predicted octanol–water partition coefficient (Wildman–Crippen LogP) is 1.54. The van der Waals surface area contributed by atoms with Gasteiger partial charge in [0.2, 0.25) is 5.95 Å². The maximum atomic E-state index is 14.6. The fourth-order valence-electron chi connectivity index (χ4n) is 6.19. The molecule has 2 aromatic heterocycles. The molecule has 17 nitrogen and oxygen atoms in total. The van der Waals surface area contributed by atoms with Crippen molar-refractivity contribution in [3.8, 4) is 0 Å². The van der Waals surface area contributed by atoms with Gasteiger partial charge in [-0.05, 0) is 38.5 Å². The lowest BCUT2D eigenvalue weighted by Crippen LogP contribution is -2.61. The van der Waals surface area contributed by atoms with E-state index in [1.54, 1.807) is 43.7 Å². The quantitative estimate of drug-likeness (QED) is 0.117. The van der Waals surface area contributed by atoms with Gasteiger partial charge in [-0.2, -0.15) is 9.97 Å². The van der Waals surface area contributed by atoms with Crippen LogP contribution in [0.1, 0.15) is 66.8 Å². The maximum Gasteiger partial charge on any atom is 0.342 e. The van der Waals surface area contributed by atoms with Crippen LogP contribution in [0, 0.1) is 11.8 Å². The first-order chi connectivity index (χ1) is 22.5. The van der Waals surface area contributed by atoms with Crippen molar-refractivity contribution in [2.24, 2.45) is 11.8 Å². The number of rotatable bonds is 17. The van der Waals surface area contributed by atoms with Crippen LogP contribution >= 0.6 is 7.67 Å². The number of nitrogen functional groups attached to an aromatic ring is 1. The molecule has 0 spiro atoms. The zero-order valence-electron chi connectivity index (χ0n) is 29.0. The molecule has 2 aromatic rings. The summed E-state index contributed by atoms with van der Waals surface area (Å²) < 4.78 is 38.9. The third-order valence-corrected chi connectivity index (χ3v) is 10.2. The third kappa shape index (κ3) is 8.09. The molecule has 6 N–H and O–H groups in total. The van der Waals surface area contributed by atoms with Crippen LogP contribution in [0.3, 0.4) is 0 Å². The Morgan fingerprint density at radius 3 is 2.17 bits per heavy atom. The number of anilines is 2. The number of aliphatic hydroxyl groups excluding tert-OH is 1. The van der Waals surface area contributed by atoms with Crippen molar-refractivity contribution in [3.05, 3.63) is 6.33 Å². The second-order valence-electron chi connectivity index (χ2n) is 13.4. The first-order valence-electron chi connectivity index (χ1n) is 16.4. The van der Waals surface area contributed by atoms with Crippen LogP contribution in [0.15, 0.2) is 6.33 Å². The minimum atomic E-state index is -4.26. The van der Waals surface area contributed by atoms with E-state index in [1.807, 2.05) is 27.7 Å². The number of ether oxygens (including phenoxy) is 3. The standard InChI is InChI=1S/C30H51N8O9P/c1-9-44-27(40)18(11-16(3)4)35-48(43,36-19(12-17(5)6)28(41)45-10-2)46-14-21-23(39)30(42)13-20(24(30)47-21)38-15-32-22-25(37(7)8)33-29(31)34-26(22)38/h15-21,23-24,39,42H,9-14H2,1-8H3,(H2,31,33,34)(H2,35,36,43)/t18-,19-,20?,21+,23?,24-,30?/m0/s1. The van der Waals surface area contributed by atoms with Crippen LogP contribution < -0.4 is 20.8 Å². The van der Waals surface area contributed by atoms with E-state index in [9.17, 15) is 24.4 Å². The van der Waals surface area contributed by atoms with Crippen LogP contribution in [0.5, 0.6) is 0 Å². The van der Waals surface area contributed by atoms with Crippen LogP contribution in [0.4, 0.5) is 11.8 Å². The van der Waals surface area contributed by atoms with Gasteiger partial charge in [-0.15, -0.1) is 0 Å². The molecule has 2 aliphatic rings. The Kier molecular flexibility index (Phi) is 12.1. The van der Waals surface area contributed by atoms with E-state index in [0.29, 0.717) is 17.0 Å². The molecular weight excluding hydrogens is 647 g/mol. The van der Waals surface area contributed by atoms with Crippen LogP contribution in [0.2, 0.25) is 0 Å². The van der Waals surface area contributed by atoms with E-state index in [4.69, 9.17) is 24.5 Å². The van der Waals surface area contributed by atoms with Crippen molar-refractivity contribution >= 4 is 42.5 Å². The van der Waals surface area contributed by atoms with Crippen molar-refractivity contribution in [2.75, 3.05) is 44.5 Å². The molecule has 0 aromatic carbocycles. The molecule has 7 atom stereocenters. The van der Waals surface area contributed by atoms with E-state index in [-0.39, 0.29) is 50.3 Å².